The van der Waals surface area contributed by atoms with Crippen molar-refractivity contribution in [2.24, 2.45) is 0 Å². The quantitative estimate of drug-likeness (QED) is 0.283. The molecule has 0 saturated heterocycles. The van der Waals surface area contributed by atoms with Crippen LogP contribution in [-0.2, 0) is 0 Å². The third kappa shape index (κ3) is 4.53. The van der Waals surface area contributed by atoms with Gasteiger partial charge in [0.1, 0.15) is 5.75 Å². The summed E-state index contributed by atoms with van der Waals surface area (Å²) in [6.07, 6.45) is 3.59. The lowest BCUT2D eigenvalue weighted by Gasteiger charge is -2.18. The largest absolute Gasteiger partial charge is 0.867 e. The number of aromatic nitrogens is 1. The second kappa shape index (κ2) is 8.79. The molecule has 1 N–H and O–H groups in total. The Morgan fingerprint density at radius 1 is 1.04 bits per heavy atom. The first kappa shape index (κ1) is 19.1. The number of hydrogen-bond donors (Lipinski definition) is 1. The van der Waals surface area contributed by atoms with E-state index < -0.39 is 0 Å². The maximum Gasteiger partial charge on any atom is 0.238 e. The van der Waals surface area contributed by atoms with Crippen LogP contribution in [0.4, 0.5) is 5.69 Å². The molecule has 0 atom stereocenters. The SMILES string of the molecule is COc1cccc(NC(=S)/C(=C(\[O-])c2ccccc2Br)[n+]2ccccc2)c1. The van der Waals surface area contributed by atoms with E-state index in [2.05, 4.69) is 21.2 Å². The van der Waals surface area contributed by atoms with Crippen molar-refractivity contribution in [2.75, 3.05) is 12.4 Å². The Morgan fingerprint density at radius 3 is 2.48 bits per heavy atom. The zero-order valence-electron chi connectivity index (χ0n) is 14.6. The number of methoxy groups -OCH3 is 1. The van der Waals surface area contributed by atoms with Gasteiger partial charge in [-0.15, -0.1) is 0 Å². The van der Waals surface area contributed by atoms with Gasteiger partial charge >= 0.3 is 0 Å². The number of anilines is 1. The summed E-state index contributed by atoms with van der Waals surface area (Å²) in [5.74, 6) is 0.521. The van der Waals surface area contributed by atoms with E-state index in [1.54, 1.807) is 30.1 Å². The summed E-state index contributed by atoms with van der Waals surface area (Å²) in [4.78, 5) is 0.320. The number of benzene rings is 2. The number of hydrogen-bond acceptors (Lipinski definition) is 3. The summed E-state index contributed by atoms with van der Waals surface area (Å²) in [7, 11) is 1.60. The molecular weight excluding hydrogens is 424 g/mol. The van der Waals surface area contributed by atoms with Gasteiger partial charge in [-0.3, -0.25) is 0 Å². The molecule has 0 saturated carbocycles. The van der Waals surface area contributed by atoms with Crippen LogP contribution in [-0.4, -0.2) is 12.1 Å². The second-order valence-electron chi connectivity index (χ2n) is 5.63. The number of nitrogens with one attached hydrogen (secondary N) is 1. The summed E-state index contributed by atoms with van der Waals surface area (Å²) in [6.45, 7) is 0. The zero-order chi connectivity index (χ0) is 19.2. The maximum atomic E-state index is 13.3. The number of nitrogens with zero attached hydrogens (tertiary/aromatic N) is 1. The molecule has 6 heteroatoms. The molecule has 0 aliphatic rings. The molecule has 4 nitrogen and oxygen atoms in total. The molecule has 0 fully saturated rings. The summed E-state index contributed by atoms with van der Waals surface area (Å²) in [5.41, 5.74) is 1.65. The summed E-state index contributed by atoms with van der Waals surface area (Å²) in [5, 5.41) is 16.4. The van der Waals surface area contributed by atoms with Crippen molar-refractivity contribution in [3.05, 3.63) is 89.2 Å². The number of halogens is 1. The maximum absolute atomic E-state index is 13.3. The molecule has 0 spiro atoms. The topological polar surface area (TPSA) is 48.2 Å². The molecule has 0 amide bonds. The molecule has 0 bridgehead atoms. The fraction of sp³-hybridized carbons (Fsp3) is 0.0476. The lowest BCUT2D eigenvalue weighted by atomic mass is 10.1. The minimum absolute atomic E-state index is 0.181. The third-order valence-electron chi connectivity index (χ3n) is 3.85. The molecule has 3 rings (SSSR count). The van der Waals surface area contributed by atoms with E-state index in [9.17, 15) is 5.11 Å². The van der Waals surface area contributed by atoms with Crippen LogP contribution in [0.2, 0.25) is 0 Å². The summed E-state index contributed by atoms with van der Waals surface area (Å²) < 4.78 is 7.68. The van der Waals surface area contributed by atoms with Crippen molar-refractivity contribution in [3.63, 3.8) is 0 Å². The van der Waals surface area contributed by atoms with Crippen molar-refractivity contribution in [1.29, 1.82) is 0 Å². The normalized spacial score (nSPS) is 11.5. The molecule has 1 heterocycles. The molecule has 0 radical (unpaired) electrons. The first-order chi connectivity index (χ1) is 13.1. The minimum Gasteiger partial charge on any atom is -0.867 e. The van der Waals surface area contributed by atoms with Crippen molar-refractivity contribution in [3.8, 4) is 5.75 Å². The second-order valence-corrected chi connectivity index (χ2v) is 6.89. The van der Waals surface area contributed by atoms with E-state index in [4.69, 9.17) is 17.0 Å². The van der Waals surface area contributed by atoms with E-state index in [0.29, 0.717) is 26.5 Å². The van der Waals surface area contributed by atoms with Crippen LogP contribution in [0.1, 0.15) is 5.56 Å². The van der Waals surface area contributed by atoms with Crippen LogP contribution < -0.4 is 19.7 Å². The van der Waals surface area contributed by atoms with Crippen molar-refractivity contribution in [1.82, 2.24) is 0 Å². The Morgan fingerprint density at radius 2 is 1.78 bits per heavy atom. The van der Waals surface area contributed by atoms with E-state index in [-0.39, 0.29) is 5.76 Å². The highest BCUT2D eigenvalue weighted by Gasteiger charge is 2.19. The standard InChI is InChI=1S/C21H17BrN2O2S/c1-26-16-9-7-8-15(14-16)23-21(27)19(24-12-5-2-6-13-24)20(25)17-10-3-4-11-18(17)22/h2-14H,1H3,(H-,23,25,27). The van der Waals surface area contributed by atoms with Gasteiger partial charge in [-0.25, -0.2) is 0 Å². The van der Waals surface area contributed by atoms with Crippen LogP contribution in [0.3, 0.4) is 0 Å². The van der Waals surface area contributed by atoms with Crippen molar-refractivity contribution >= 4 is 50.3 Å². The van der Waals surface area contributed by atoms with Gasteiger partial charge in [-0.2, -0.15) is 4.57 Å². The Hall–Kier alpha value is -2.70. The molecule has 0 aliphatic carbocycles. The smallest absolute Gasteiger partial charge is 0.238 e. The third-order valence-corrected chi connectivity index (χ3v) is 4.84. The lowest BCUT2D eigenvalue weighted by Crippen LogP contribution is -2.39. The lowest BCUT2D eigenvalue weighted by molar-refractivity contribution is -0.577. The molecule has 0 unspecified atom stereocenters. The number of rotatable bonds is 5. The molecule has 2 aromatic carbocycles. The van der Waals surface area contributed by atoms with Gasteiger partial charge in [0, 0.05) is 28.4 Å². The molecule has 1 aromatic heterocycles. The molecule has 0 aliphatic heterocycles. The first-order valence-electron chi connectivity index (χ1n) is 8.18. The molecule has 27 heavy (non-hydrogen) atoms. The Bertz CT molecular complexity index is 990. The van der Waals surface area contributed by atoms with Crippen LogP contribution in [0.25, 0.3) is 11.5 Å². The van der Waals surface area contributed by atoms with Gasteiger partial charge in [-0.05, 0) is 29.5 Å². The predicted octanol–water partition coefficient (Wildman–Crippen LogP) is 3.87. The van der Waals surface area contributed by atoms with Gasteiger partial charge < -0.3 is 15.2 Å². The summed E-state index contributed by atoms with van der Waals surface area (Å²) >= 11 is 9.04. The van der Waals surface area contributed by atoms with Gasteiger partial charge in [0.2, 0.25) is 5.70 Å². The Labute approximate surface area is 171 Å². The van der Waals surface area contributed by atoms with Crippen LogP contribution in [0.15, 0.2) is 83.6 Å². The number of pyridine rings is 1. The fourth-order valence-electron chi connectivity index (χ4n) is 2.55. The van der Waals surface area contributed by atoms with Crippen LogP contribution in [0.5, 0.6) is 5.75 Å². The van der Waals surface area contributed by atoms with E-state index in [1.807, 2.05) is 60.7 Å². The van der Waals surface area contributed by atoms with Gasteiger partial charge in [0.05, 0.1) is 7.11 Å². The first-order valence-corrected chi connectivity index (χ1v) is 9.38. The van der Waals surface area contributed by atoms with E-state index in [1.165, 1.54) is 0 Å². The average Bonchev–Trinajstić information content (AvgIpc) is 2.69. The van der Waals surface area contributed by atoms with Gasteiger partial charge in [0.15, 0.2) is 17.4 Å². The summed E-state index contributed by atoms with van der Waals surface area (Å²) in [6, 6.07) is 20.3. The van der Waals surface area contributed by atoms with Gasteiger partial charge in [-0.1, -0.05) is 58.5 Å². The molecule has 3 aromatic rings. The zero-order valence-corrected chi connectivity index (χ0v) is 17.0. The highest BCUT2D eigenvalue weighted by molar-refractivity contribution is 9.10. The van der Waals surface area contributed by atoms with Crippen molar-refractivity contribution < 1.29 is 14.4 Å². The minimum atomic E-state index is -0.181. The predicted molar refractivity (Wildman–Crippen MR) is 113 cm³/mol. The number of thiocarbonyl (C=S) groups is 1. The average molecular weight is 441 g/mol. The van der Waals surface area contributed by atoms with E-state index in [0.717, 1.165) is 5.69 Å². The number of ether oxygens (including phenoxy) is 1. The monoisotopic (exact) mass is 440 g/mol. The Kier molecular flexibility index (Phi) is 6.21. The van der Waals surface area contributed by atoms with E-state index >= 15 is 0 Å². The molecule has 136 valence electrons. The van der Waals surface area contributed by atoms with Crippen molar-refractivity contribution in [2.45, 2.75) is 0 Å². The van der Waals surface area contributed by atoms with Crippen LogP contribution >= 0.6 is 28.1 Å². The van der Waals surface area contributed by atoms with Crippen LogP contribution in [0, 0.1) is 0 Å². The molecular formula is C21H17BrN2O2S. The fourth-order valence-corrected chi connectivity index (χ4v) is 3.33. The Balaban J connectivity index is 2.06. The van der Waals surface area contributed by atoms with Gasteiger partial charge in [0.25, 0.3) is 0 Å². The highest BCUT2D eigenvalue weighted by atomic mass is 79.9. The highest BCUT2D eigenvalue weighted by Crippen LogP contribution is 2.24.